The smallest absolute Gasteiger partial charge is 0.262 e. The zero-order valence-electron chi connectivity index (χ0n) is 15.8. The van der Waals surface area contributed by atoms with Crippen LogP contribution in [0.25, 0.3) is 10.9 Å². The van der Waals surface area contributed by atoms with Gasteiger partial charge in [0.1, 0.15) is 5.75 Å². The fourth-order valence-electron chi connectivity index (χ4n) is 2.87. The minimum Gasteiger partial charge on any atom is -0.497 e. The van der Waals surface area contributed by atoms with Gasteiger partial charge in [0.25, 0.3) is 5.56 Å². The first-order chi connectivity index (χ1) is 12.9. The molecule has 140 valence electrons. The van der Waals surface area contributed by atoms with Crippen molar-refractivity contribution < 1.29 is 9.53 Å². The largest absolute Gasteiger partial charge is 0.497 e. The molecule has 0 aliphatic carbocycles. The highest BCUT2D eigenvalue weighted by Crippen LogP contribution is 2.27. The van der Waals surface area contributed by atoms with Crippen molar-refractivity contribution in [1.29, 1.82) is 0 Å². The lowest BCUT2D eigenvalue weighted by atomic mass is 10.1. The molecular weight excluding hydrogens is 360 g/mol. The molecule has 0 N–H and O–H groups in total. The van der Waals surface area contributed by atoms with Crippen LogP contribution in [0, 0.1) is 0 Å². The SMILES string of the molecule is COc1ccc(C(=O)[C@@H](C)Sc2nc3ccccc3c(=O)n2C(C)C)cc1. The Morgan fingerprint density at radius 2 is 1.74 bits per heavy atom. The Hall–Kier alpha value is -2.60. The zero-order valence-corrected chi connectivity index (χ0v) is 16.6. The summed E-state index contributed by atoms with van der Waals surface area (Å²) < 4.78 is 6.79. The summed E-state index contributed by atoms with van der Waals surface area (Å²) in [5, 5.41) is 0.768. The molecule has 0 saturated carbocycles. The van der Waals surface area contributed by atoms with Crippen molar-refractivity contribution >= 4 is 28.4 Å². The maximum Gasteiger partial charge on any atom is 0.262 e. The Morgan fingerprint density at radius 3 is 2.37 bits per heavy atom. The van der Waals surface area contributed by atoms with E-state index in [-0.39, 0.29) is 22.6 Å². The van der Waals surface area contributed by atoms with Crippen molar-refractivity contribution in [3.8, 4) is 5.75 Å². The minimum absolute atomic E-state index is 0.0135. The van der Waals surface area contributed by atoms with Gasteiger partial charge in [-0.05, 0) is 57.2 Å². The van der Waals surface area contributed by atoms with Crippen molar-refractivity contribution in [2.75, 3.05) is 7.11 Å². The molecule has 1 heterocycles. The monoisotopic (exact) mass is 382 g/mol. The average Bonchev–Trinajstić information content (AvgIpc) is 2.67. The van der Waals surface area contributed by atoms with Crippen molar-refractivity contribution in [3.63, 3.8) is 0 Å². The third kappa shape index (κ3) is 3.90. The predicted molar refractivity (Wildman–Crippen MR) is 109 cm³/mol. The lowest BCUT2D eigenvalue weighted by Gasteiger charge is -2.18. The second kappa shape index (κ2) is 7.96. The summed E-state index contributed by atoms with van der Waals surface area (Å²) in [5.74, 6) is 0.692. The third-order valence-corrected chi connectivity index (χ3v) is 5.38. The van der Waals surface area contributed by atoms with E-state index in [0.29, 0.717) is 27.4 Å². The van der Waals surface area contributed by atoms with Crippen LogP contribution in [0.2, 0.25) is 0 Å². The molecule has 0 bridgehead atoms. The molecule has 2 aromatic carbocycles. The predicted octanol–water partition coefficient (Wildman–Crippen LogP) is 4.35. The number of ketones is 1. The number of carbonyl (C=O) groups excluding carboxylic acids is 1. The number of hydrogen-bond donors (Lipinski definition) is 0. The number of ether oxygens (including phenoxy) is 1. The second-order valence-corrected chi connectivity index (χ2v) is 7.84. The van der Waals surface area contributed by atoms with Gasteiger partial charge in [0.2, 0.25) is 0 Å². The molecule has 0 fully saturated rings. The summed E-state index contributed by atoms with van der Waals surface area (Å²) in [7, 11) is 1.59. The van der Waals surface area contributed by atoms with E-state index in [0.717, 1.165) is 0 Å². The number of fused-ring (bicyclic) bond motifs is 1. The molecule has 6 heteroatoms. The van der Waals surface area contributed by atoms with Gasteiger partial charge in [0.05, 0.1) is 23.3 Å². The van der Waals surface area contributed by atoms with Crippen LogP contribution in [0.3, 0.4) is 0 Å². The first-order valence-electron chi connectivity index (χ1n) is 8.78. The van der Waals surface area contributed by atoms with Gasteiger partial charge in [0.15, 0.2) is 10.9 Å². The average molecular weight is 382 g/mol. The van der Waals surface area contributed by atoms with Crippen LogP contribution in [-0.2, 0) is 0 Å². The molecule has 3 rings (SSSR count). The van der Waals surface area contributed by atoms with Gasteiger partial charge in [0, 0.05) is 11.6 Å². The van der Waals surface area contributed by atoms with E-state index >= 15 is 0 Å². The number of aromatic nitrogens is 2. The van der Waals surface area contributed by atoms with Crippen molar-refractivity contribution in [3.05, 3.63) is 64.4 Å². The number of Topliss-reactive ketones (excluding diaryl/α,β-unsaturated/α-hetero) is 1. The molecule has 0 aliphatic rings. The molecule has 3 aromatic rings. The first kappa shape index (κ1) is 19.2. The molecule has 1 atom stereocenters. The fraction of sp³-hybridized carbons (Fsp3) is 0.286. The summed E-state index contributed by atoms with van der Waals surface area (Å²) in [4.78, 5) is 30.3. The summed E-state index contributed by atoms with van der Waals surface area (Å²) in [5.41, 5.74) is 1.17. The maximum atomic E-state index is 12.9. The number of para-hydroxylation sites is 1. The van der Waals surface area contributed by atoms with Gasteiger partial charge in [-0.25, -0.2) is 4.98 Å². The van der Waals surface area contributed by atoms with Crippen LogP contribution in [-0.4, -0.2) is 27.7 Å². The standard InChI is InChI=1S/C21H22N2O3S/c1-13(2)23-20(25)17-7-5-6-8-18(17)22-21(23)27-14(3)19(24)15-9-11-16(26-4)12-10-15/h5-14H,1-4H3/t14-/m1/s1. The molecule has 5 nitrogen and oxygen atoms in total. The van der Waals surface area contributed by atoms with E-state index < -0.39 is 0 Å². The number of hydrogen-bond acceptors (Lipinski definition) is 5. The van der Waals surface area contributed by atoms with Gasteiger partial charge in [-0.15, -0.1) is 0 Å². The van der Waals surface area contributed by atoms with Gasteiger partial charge >= 0.3 is 0 Å². The van der Waals surface area contributed by atoms with E-state index in [1.807, 2.05) is 39.0 Å². The normalized spacial score (nSPS) is 12.3. The number of thioether (sulfide) groups is 1. The van der Waals surface area contributed by atoms with E-state index in [4.69, 9.17) is 4.74 Å². The van der Waals surface area contributed by atoms with Gasteiger partial charge in [-0.2, -0.15) is 0 Å². The molecular formula is C21H22N2O3S. The molecule has 0 radical (unpaired) electrons. The Kier molecular flexibility index (Phi) is 5.65. The van der Waals surface area contributed by atoms with Crippen LogP contribution in [0.1, 0.15) is 37.2 Å². The van der Waals surface area contributed by atoms with Crippen molar-refractivity contribution in [2.24, 2.45) is 0 Å². The number of nitrogens with zero attached hydrogens (tertiary/aromatic N) is 2. The lowest BCUT2D eigenvalue weighted by Crippen LogP contribution is -2.26. The molecule has 0 unspecified atom stereocenters. The van der Waals surface area contributed by atoms with Crippen LogP contribution in [0.5, 0.6) is 5.75 Å². The van der Waals surface area contributed by atoms with Crippen LogP contribution in [0.15, 0.2) is 58.5 Å². The highest BCUT2D eigenvalue weighted by molar-refractivity contribution is 8.00. The van der Waals surface area contributed by atoms with E-state index in [1.165, 1.54) is 11.8 Å². The summed E-state index contributed by atoms with van der Waals surface area (Å²) >= 11 is 1.31. The summed E-state index contributed by atoms with van der Waals surface area (Å²) in [6.07, 6.45) is 0. The second-order valence-electron chi connectivity index (χ2n) is 6.53. The highest BCUT2D eigenvalue weighted by Gasteiger charge is 2.21. The van der Waals surface area contributed by atoms with Gasteiger partial charge in [-0.1, -0.05) is 23.9 Å². The van der Waals surface area contributed by atoms with E-state index in [2.05, 4.69) is 4.98 Å². The topological polar surface area (TPSA) is 61.2 Å². The molecule has 0 spiro atoms. The maximum absolute atomic E-state index is 12.9. The van der Waals surface area contributed by atoms with Crippen molar-refractivity contribution in [1.82, 2.24) is 9.55 Å². The first-order valence-corrected chi connectivity index (χ1v) is 9.66. The van der Waals surface area contributed by atoms with Crippen molar-refractivity contribution in [2.45, 2.75) is 37.2 Å². The fourth-order valence-corrected chi connectivity index (χ4v) is 3.98. The Morgan fingerprint density at radius 1 is 1.07 bits per heavy atom. The quantitative estimate of drug-likeness (QED) is 0.360. The Labute approximate surface area is 162 Å². The van der Waals surface area contributed by atoms with Gasteiger partial charge in [-0.3, -0.25) is 14.2 Å². The number of rotatable bonds is 6. The van der Waals surface area contributed by atoms with Crippen LogP contribution < -0.4 is 10.3 Å². The van der Waals surface area contributed by atoms with Crippen LogP contribution >= 0.6 is 11.8 Å². The zero-order chi connectivity index (χ0) is 19.6. The Balaban J connectivity index is 1.96. The molecule has 1 aromatic heterocycles. The molecule has 27 heavy (non-hydrogen) atoms. The number of carbonyl (C=O) groups is 1. The lowest BCUT2D eigenvalue weighted by molar-refractivity contribution is 0.0993. The molecule has 0 aliphatic heterocycles. The van der Waals surface area contributed by atoms with E-state index in [9.17, 15) is 9.59 Å². The minimum atomic E-state index is -0.378. The Bertz CT molecular complexity index is 1030. The van der Waals surface area contributed by atoms with Crippen LogP contribution in [0.4, 0.5) is 0 Å². The van der Waals surface area contributed by atoms with E-state index in [1.54, 1.807) is 42.0 Å². The molecule has 0 amide bonds. The third-order valence-electron chi connectivity index (χ3n) is 4.32. The number of benzene rings is 2. The van der Waals surface area contributed by atoms with Gasteiger partial charge < -0.3 is 4.74 Å². The molecule has 0 saturated heterocycles. The summed E-state index contributed by atoms with van der Waals surface area (Å²) in [6.45, 7) is 5.72. The summed E-state index contributed by atoms with van der Waals surface area (Å²) in [6, 6.07) is 14.3. The number of methoxy groups -OCH3 is 1. The highest BCUT2D eigenvalue weighted by atomic mass is 32.2.